The van der Waals surface area contributed by atoms with Crippen LogP contribution in [0.5, 0.6) is 11.5 Å². The van der Waals surface area contributed by atoms with Crippen LogP contribution < -0.4 is 16.6 Å². The average Bonchev–Trinajstić information content (AvgIpc) is 3.23. The second-order valence-electron chi connectivity index (χ2n) is 9.20. The Kier molecular flexibility index (Phi) is 4.63. The lowest BCUT2D eigenvalue weighted by Gasteiger charge is -2.31. The SMILES string of the molecule is Cc1ccc(-c2c3c(=O)n(C)c(=O)n(C)c3c3n2-c2ccccc2N[C@H]3c2ccc(O)cc2O)cc1. The van der Waals surface area contributed by atoms with E-state index in [0.29, 0.717) is 27.9 Å². The molecule has 3 heterocycles. The Morgan fingerprint density at radius 2 is 1.61 bits per heavy atom. The van der Waals surface area contributed by atoms with E-state index < -0.39 is 17.3 Å². The molecular formula is C28H24N4O4. The third-order valence-corrected chi connectivity index (χ3v) is 6.98. The molecule has 1 aliphatic rings. The van der Waals surface area contributed by atoms with Crippen molar-refractivity contribution < 1.29 is 10.2 Å². The molecule has 0 spiro atoms. The molecular weight excluding hydrogens is 456 g/mol. The number of para-hydroxylation sites is 2. The summed E-state index contributed by atoms with van der Waals surface area (Å²) in [4.78, 5) is 26.8. The van der Waals surface area contributed by atoms with E-state index in [0.717, 1.165) is 27.1 Å². The first-order chi connectivity index (χ1) is 17.3. The summed E-state index contributed by atoms with van der Waals surface area (Å²) in [6.07, 6.45) is 0. The predicted molar refractivity (Wildman–Crippen MR) is 139 cm³/mol. The van der Waals surface area contributed by atoms with Crippen LogP contribution in [0.15, 0.2) is 76.3 Å². The Morgan fingerprint density at radius 1 is 0.889 bits per heavy atom. The van der Waals surface area contributed by atoms with Gasteiger partial charge in [0.05, 0.1) is 39.7 Å². The molecule has 36 heavy (non-hydrogen) atoms. The normalized spacial score (nSPS) is 14.4. The molecule has 8 heteroatoms. The van der Waals surface area contributed by atoms with Crippen molar-refractivity contribution in [3.63, 3.8) is 0 Å². The topological polar surface area (TPSA) is 101 Å². The summed E-state index contributed by atoms with van der Waals surface area (Å²) >= 11 is 0. The number of nitrogens with one attached hydrogen (secondary N) is 1. The van der Waals surface area contributed by atoms with Gasteiger partial charge in [0.15, 0.2) is 0 Å². The zero-order valence-electron chi connectivity index (χ0n) is 20.0. The molecule has 0 fully saturated rings. The van der Waals surface area contributed by atoms with Crippen molar-refractivity contribution in [1.29, 1.82) is 0 Å². The van der Waals surface area contributed by atoms with Gasteiger partial charge in [-0.15, -0.1) is 0 Å². The van der Waals surface area contributed by atoms with Crippen molar-refractivity contribution in [3.8, 4) is 28.4 Å². The molecule has 0 bridgehead atoms. The lowest BCUT2D eigenvalue weighted by molar-refractivity contribution is 0.444. The van der Waals surface area contributed by atoms with Crippen LogP contribution in [-0.4, -0.2) is 23.9 Å². The second-order valence-corrected chi connectivity index (χ2v) is 9.20. The van der Waals surface area contributed by atoms with Crippen molar-refractivity contribution in [3.05, 3.63) is 104 Å². The van der Waals surface area contributed by atoms with Crippen LogP contribution in [0.1, 0.15) is 22.9 Å². The zero-order valence-corrected chi connectivity index (χ0v) is 20.0. The van der Waals surface area contributed by atoms with Gasteiger partial charge in [-0.25, -0.2) is 4.79 Å². The molecule has 0 saturated heterocycles. The highest BCUT2D eigenvalue weighted by atomic mass is 16.3. The number of aromatic hydroxyl groups is 2. The van der Waals surface area contributed by atoms with E-state index in [4.69, 9.17) is 0 Å². The first-order valence-electron chi connectivity index (χ1n) is 11.6. The van der Waals surface area contributed by atoms with Gasteiger partial charge in [-0.1, -0.05) is 42.0 Å². The molecule has 1 atom stereocenters. The van der Waals surface area contributed by atoms with E-state index in [2.05, 4.69) is 5.32 Å². The number of phenolic OH excluding ortho intramolecular Hbond substituents is 2. The van der Waals surface area contributed by atoms with Gasteiger partial charge in [-0.3, -0.25) is 13.9 Å². The van der Waals surface area contributed by atoms with Crippen molar-refractivity contribution in [2.45, 2.75) is 13.0 Å². The van der Waals surface area contributed by atoms with E-state index in [-0.39, 0.29) is 11.5 Å². The Bertz CT molecular complexity index is 1810. The molecule has 6 rings (SSSR count). The standard InChI is InChI=1S/C28H24N4O4/c1-15-8-10-16(11-9-15)24-22-25(30(2)28(36)31(3)27(22)35)26-23(18-13-12-17(33)14-21(18)34)29-19-6-4-5-7-20(19)32(24)26/h4-14,23,29,33-34H,1-3H3/t23-/m0/s1. The highest BCUT2D eigenvalue weighted by Gasteiger charge is 2.35. The summed E-state index contributed by atoms with van der Waals surface area (Å²) in [5.74, 6) is -0.159. The van der Waals surface area contributed by atoms with Crippen molar-refractivity contribution >= 4 is 16.6 Å². The van der Waals surface area contributed by atoms with Crippen LogP contribution in [0.2, 0.25) is 0 Å². The Hall–Kier alpha value is -4.72. The number of rotatable bonds is 2. The summed E-state index contributed by atoms with van der Waals surface area (Å²) in [5.41, 5.74) is 5.03. The maximum atomic E-state index is 13.7. The smallest absolute Gasteiger partial charge is 0.331 e. The van der Waals surface area contributed by atoms with Crippen molar-refractivity contribution in [2.75, 3.05) is 5.32 Å². The van der Waals surface area contributed by atoms with Crippen molar-refractivity contribution in [1.82, 2.24) is 13.7 Å². The predicted octanol–water partition coefficient (Wildman–Crippen LogP) is 3.93. The molecule has 5 aromatic rings. The number of hydrogen-bond acceptors (Lipinski definition) is 5. The molecule has 0 aliphatic carbocycles. The van der Waals surface area contributed by atoms with E-state index in [1.54, 1.807) is 13.1 Å². The average molecular weight is 481 g/mol. The molecule has 2 aromatic heterocycles. The molecule has 8 nitrogen and oxygen atoms in total. The third-order valence-electron chi connectivity index (χ3n) is 6.98. The summed E-state index contributed by atoms with van der Waals surface area (Å²) in [6.45, 7) is 2.00. The Morgan fingerprint density at radius 3 is 2.33 bits per heavy atom. The highest BCUT2D eigenvalue weighted by molar-refractivity contribution is 5.99. The minimum atomic E-state index is -0.611. The fraction of sp³-hybridized carbons (Fsp3) is 0.143. The van der Waals surface area contributed by atoms with Gasteiger partial charge in [0.1, 0.15) is 11.5 Å². The summed E-state index contributed by atoms with van der Waals surface area (Å²) in [7, 11) is 3.13. The summed E-state index contributed by atoms with van der Waals surface area (Å²) in [5, 5.41) is 24.6. The number of aromatic nitrogens is 3. The van der Waals surface area contributed by atoms with Crippen LogP contribution >= 0.6 is 0 Å². The lowest BCUT2D eigenvalue weighted by Crippen LogP contribution is -2.37. The van der Waals surface area contributed by atoms with Gasteiger partial charge in [-0.2, -0.15) is 0 Å². The molecule has 0 amide bonds. The molecule has 1 aliphatic heterocycles. The second kappa shape index (κ2) is 7.64. The van der Waals surface area contributed by atoms with E-state index >= 15 is 0 Å². The van der Waals surface area contributed by atoms with Gasteiger partial charge in [0, 0.05) is 25.7 Å². The number of hydrogen-bond donors (Lipinski definition) is 3. The lowest BCUT2D eigenvalue weighted by atomic mass is 9.98. The van der Waals surface area contributed by atoms with Gasteiger partial charge >= 0.3 is 5.69 Å². The van der Waals surface area contributed by atoms with Crippen LogP contribution in [0.3, 0.4) is 0 Å². The highest BCUT2D eigenvalue weighted by Crippen LogP contribution is 2.47. The number of aryl methyl sites for hydroxylation is 2. The maximum Gasteiger partial charge on any atom is 0.331 e. The molecule has 0 saturated carbocycles. The first kappa shape index (κ1) is 21.8. The van der Waals surface area contributed by atoms with Gasteiger partial charge in [0.25, 0.3) is 5.56 Å². The van der Waals surface area contributed by atoms with Gasteiger partial charge < -0.3 is 20.1 Å². The summed E-state index contributed by atoms with van der Waals surface area (Å²) in [6, 6.07) is 19.5. The van der Waals surface area contributed by atoms with Gasteiger partial charge in [-0.05, 0) is 36.8 Å². The Balaban J connectivity index is 1.86. The zero-order chi connectivity index (χ0) is 25.3. The van der Waals surface area contributed by atoms with E-state index in [1.807, 2.05) is 60.0 Å². The van der Waals surface area contributed by atoms with Crippen LogP contribution in [0, 0.1) is 6.92 Å². The quantitative estimate of drug-likeness (QED) is 0.355. The molecule has 0 unspecified atom stereocenters. The van der Waals surface area contributed by atoms with Crippen LogP contribution in [0.4, 0.5) is 5.69 Å². The van der Waals surface area contributed by atoms with Crippen LogP contribution in [-0.2, 0) is 14.1 Å². The van der Waals surface area contributed by atoms with Crippen molar-refractivity contribution in [2.24, 2.45) is 14.1 Å². The maximum absolute atomic E-state index is 13.7. The Labute approximate surface area is 205 Å². The number of nitrogens with zero attached hydrogens (tertiary/aromatic N) is 3. The monoisotopic (exact) mass is 480 g/mol. The molecule has 180 valence electrons. The van der Waals surface area contributed by atoms with Crippen LogP contribution in [0.25, 0.3) is 27.8 Å². The number of anilines is 1. The number of phenols is 2. The van der Waals surface area contributed by atoms with E-state index in [9.17, 15) is 19.8 Å². The first-order valence-corrected chi connectivity index (χ1v) is 11.6. The summed E-state index contributed by atoms with van der Waals surface area (Å²) < 4.78 is 4.62. The van der Waals surface area contributed by atoms with Gasteiger partial charge in [0.2, 0.25) is 0 Å². The molecule has 3 N–H and O–H groups in total. The number of fused-ring (bicyclic) bond motifs is 5. The number of benzene rings is 3. The molecule has 0 radical (unpaired) electrons. The minimum absolute atomic E-state index is 0.0608. The fourth-order valence-electron chi connectivity index (χ4n) is 5.21. The minimum Gasteiger partial charge on any atom is -0.508 e. The third kappa shape index (κ3) is 2.94. The largest absolute Gasteiger partial charge is 0.508 e. The molecule has 3 aromatic carbocycles. The fourth-order valence-corrected chi connectivity index (χ4v) is 5.21. The van der Waals surface area contributed by atoms with E-state index in [1.165, 1.54) is 23.7 Å².